The molecule has 0 unspecified atom stereocenters. The van der Waals surface area contributed by atoms with Crippen LogP contribution in [-0.4, -0.2) is 61.8 Å². The van der Waals surface area contributed by atoms with Crippen LogP contribution in [0.1, 0.15) is 18.9 Å². The number of fused-ring (bicyclic) bond motifs is 2. The van der Waals surface area contributed by atoms with Gasteiger partial charge in [-0.2, -0.15) is 0 Å². The third-order valence-corrected chi connectivity index (χ3v) is 7.41. The first-order valence-electron chi connectivity index (χ1n) is 12.3. The highest BCUT2D eigenvalue weighted by Gasteiger charge is 2.21. The van der Waals surface area contributed by atoms with Crippen molar-refractivity contribution >= 4 is 43.4 Å². The van der Waals surface area contributed by atoms with Gasteiger partial charge >= 0.3 is 0 Å². The van der Waals surface area contributed by atoms with Gasteiger partial charge in [0.25, 0.3) is 0 Å². The van der Waals surface area contributed by atoms with Crippen molar-refractivity contribution < 1.29 is 14.3 Å². The molecule has 0 aliphatic carbocycles. The van der Waals surface area contributed by atoms with Crippen molar-refractivity contribution in [1.29, 1.82) is 0 Å². The van der Waals surface area contributed by atoms with Gasteiger partial charge in [-0.15, -0.1) is 0 Å². The molecule has 7 heteroatoms. The third-order valence-electron chi connectivity index (χ3n) is 6.37. The first kappa shape index (κ1) is 23.7. The van der Waals surface area contributed by atoms with Crippen LogP contribution >= 0.6 is 11.3 Å². The van der Waals surface area contributed by atoms with Gasteiger partial charge in [0.15, 0.2) is 5.13 Å². The highest BCUT2D eigenvalue weighted by Crippen LogP contribution is 2.32. The van der Waals surface area contributed by atoms with Gasteiger partial charge < -0.3 is 9.47 Å². The van der Waals surface area contributed by atoms with E-state index in [1.165, 1.54) is 0 Å². The second-order valence-corrected chi connectivity index (χ2v) is 9.74. The number of morpholine rings is 1. The summed E-state index contributed by atoms with van der Waals surface area (Å²) in [5.41, 5.74) is 1.94. The van der Waals surface area contributed by atoms with Gasteiger partial charge in [0.1, 0.15) is 5.75 Å². The van der Waals surface area contributed by atoms with Gasteiger partial charge in [0.05, 0.1) is 36.5 Å². The van der Waals surface area contributed by atoms with Crippen molar-refractivity contribution in [3.8, 4) is 5.75 Å². The predicted octanol–water partition coefficient (Wildman–Crippen LogP) is 5.15. The number of amides is 1. The van der Waals surface area contributed by atoms with Crippen LogP contribution in [0, 0.1) is 0 Å². The molecule has 0 bridgehead atoms. The Bertz CT molecular complexity index is 1290. The molecule has 1 aliphatic rings. The predicted molar refractivity (Wildman–Crippen MR) is 143 cm³/mol. The summed E-state index contributed by atoms with van der Waals surface area (Å²) in [5, 5.41) is 3.03. The number of nitrogens with zero attached hydrogens (tertiary/aromatic N) is 3. The fraction of sp³-hybridized carbons (Fsp3) is 0.357. The van der Waals surface area contributed by atoms with Crippen molar-refractivity contribution in [1.82, 2.24) is 9.88 Å². The van der Waals surface area contributed by atoms with Gasteiger partial charge in [0.2, 0.25) is 5.91 Å². The molecule has 5 rings (SSSR count). The molecule has 1 saturated heterocycles. The molecular weight excluding hydrogens is 458 g/mol. The molecular formula is C28H31N3O3S. The summed E-state index contributed by atoms with van der Waals surface area (Å²) >= 11 is 1.55. The fourth-order valence-electron chi connectivity index (χ4n) is 4.57. The van der Waals surface area contributed by atoms with Crippen LogP contribution in [0.3, 0.4) is 0 Å². The summed E-state index contributed by atoms with van der Waals surface area (Å²) < 4.78 is 12.2. The number of rotatable bonds is 9. The zero-order chi connectivity index (χ0) is 24.0. The summed E-state index contributed by atoms with van der Waals surface area (Å²) in [7, 11) is 0. The Morgan fingerprint density at radius 3 is 2.80 bits per heavy atom. The normalized spacial score (nSPS) is 14.4. The molecule has 4 aromatic rings. The molecule has 1 aromatic heterocycles. The SMILES string of the molecule is CCOc1ccc2nc(N(CCCN3CCOCC3)C(=O)Cc3cccc4ccccc34)sc2c1. The maximum absolute atomic E-state index is 13.7. The van der Waals surface area contributed by atoms with Crippen LogP contribution in [0.2, 0.25) is 0 Å². The molecule has 182 valence electrons. The first-order chi connectivity index (χ1) is 17.2. The van der Waals surface area contributed by atoms with E-state index in [1.54, 1.807) is 11.3 Å². The molecule has 1 fully saturated rings. The lowest BCUT2D eigenvalue weighted by atomic mass is 10.0. The Balaban J connectivity index is 1.39. The summed E-state index contributed by atoms with van der Waals surface area (Å²) in [4.78, 5) is 22.8. The van der Waals surface area contributed by atoms with Crippen molar-refractivity contribution in [3.05, 3.63) is 66.2 Å². The lowest BCUT2D eigenvalue weighted by Crippen LogP contribution is -2.39. The van der Waals surface area contributed by atoms with Crippen molar-refractivity contribution in [2.75, 3.05) is 50.9 Å². The second-order valence-electron chi connectivity index (χ2n) is 8.73. The number of hydrogen-bond donors (Lipinski definition) is 0. The van der Waals surface area contributed by atoms with E-state index < -0.39 is 0 Å². The van der Waals surface area contributed by atoms with Crippen molar-refractivity contribution in [3.63, 3.8) is 0 Å². The number of carbonyl (C=O) groups is 1. The number of aromatic nitrogens is 1. The molecule has 0 spiro atoms. The van der Waals surface area contributed by atoms with Crippen LogP contribution in [0.4, 0.5) is 5.13 Å². The number of ether oxygens (including phenoxy) is 2. The number of carbonyl (C=O) groups excluding carboxylic acids is 1. The monoisotopic (exact) mass is 489 g/mol. The van der Waals surface area contributed by atoms with E-state index in [2.05, 4.69) is 29.2 Å². The van der Waals surface area contributed by atoms with E-state index in [0.717, 1.165) is 76.7 Å². The zero-order valence-corrected chi connectivity index (χ0v) is 20.9. The van der Waals surface area contributed by atoms with E-state index in [1.807, 2.05) is 48.2 Å². The van der Waals surface area contributed by atoms with Gasteiger partial charge in [-0.05, 0) is 47.9 Å². The summed E-state index contributed by atoms with van der Waals surface area (Å²) in [5.74, 6) is 0.906. The summed E-state index contributed by atoms with van der Waals surface area (Å²) in [6, 6.07) is 20.3. The lowest BCUT2D eigenvalue weighted by Gasteiger charge is -2.27. The van der Waals surface area contributed by atoms with Crippen molar-refractivity contribution in [2.45, 2.75) is 19.8 Å². The second kappa shape index (κ2) is 11.2. The minimum absolute atomic E-state index is 0.0763. The van der Waals surface area contributed by atoms with E-state index in [4.69, 9.17) is 14.5 Å². The molecule has 1 amide bonds. The van der Waals surface area contributed by atoms with Gasteiger partial charge in [-0.25, -0.2) is 4.98 Å². The van der Waals surface area contributed by atoms with E-state index in [-0.39, 0.29) is 5.91 Å². The largest absolute Gasteiger partial charge is 0.494 e. The number of anilines is 1. The molecule has 35 heavy (non-hydrogen) atoms. The number of thiazole rings is 1. The molecule has 0 N–H and O–H groups in total. The van der Waals surface area contributed by atoms with Gasteiger partial charge in [-0.3, -0.25) is 14.6 Å². The first-order valence-corrected chi connectivity index (χ1v) is 13.1. The van der Waals surface area contributed by atoms with Crippen LogP contribution < -0.4 is 9.64 Å². The van der Waals surface area contributed by atoms with E-state index >= 15 is 0 Å². The Hall–Kier alpha value is -3.00. The Labute approximate surface area is 210 Å². The maximum atomic E-state index is 13.7. The Morgan fingerprint density at radius 1 is 1.11 bits per heavy atom. The Kier molecular flexibility index (Phi) is 7.57. The number of benzene rings is 3. The number of hydrogen-bond acceptors (Lipinski definition) is 6. The molecule has 3 aromatic carbocycles. The highest BCUT2D eigenvalue weighted by atomic mass is 32.1. The Morgan fingerprint density at radius 2 is 1.94 bits per heavy atom. The fourth-order valence-corrected chi connectivity index (χ4v) is 5.61. The average Bonchev–Trinajstić information content (AvgIpc) is 3.30. The molecule has 1 aliphatic heterocycles. The highest BCUT2D eigenvalue weighted by molar-refractivity contribution is 7.22. The van der Waals surface area contributed by atoms with Crippen LogP contribution in [0.15, 0.2) is 60.7 Å². The van der Waals surface area contributed by atoms with E-state index in [0.29, 0.717) is 19.6 Å². The lowest BCUT2D eigenvalue weighted by molar-refractivity contribution is -0.118. The van der Waals surface area contributed by atoms with Crippen molar-refractivity contribution in [2.24, 2.45) is 0 Å². The van der Waals surface area contributed by atoms with Crippen LogP contribution in [0.25, 0.3) is 21.0 Å². The van der Waals surface area contributed by atoms with Gasteiger partial charge in [-0.1, -0.05) is 53.8 Å². The minimum Gasteiger partial charge on any atom is -0.494 e. The topological polar surface area (TPSA) is 54.9 Å². The third kappa shape index (κ3) is 5.64. The van der Waals surface area contributed by atoms with Gasteiger partial charge in [0, 0.05) is 26.2 Å². The van der Waals surface area contributed by atoms with Crippen LogP contribution in [0.5, 0.6) is 5.75 Å². The molecule has 6 nitrogen and oxygen atoms in total. The molecule has 2 heterocycles. The van der Waals surface area contributed by atoms with Crippen LogP contribution in [-0.2, 0) is 16.0 Å². The standard InChI is InChI=1S/C28H31N3O3S/c1-2-34-23-11-12-25-26(20-23)35-28(29-25)31(14-6-13-30-15-17-33-18-16-30)27(32)19-22-9-5-8-21-7-3-4-10-24(21)22/h3-5,7-12,20H,2,6,13-19H2,1H3. The maximum Gasteiger partial charge on any atom is 0.233 e. The quantitative estimate of drug-likeness (QED) is 0.326. The molecule has 0 saturated carbocycles. The zero-order valence-electron chi connectivity index (χ0n) is 20.1. The average molecular weight is 490 g/mol. The summed E-state index contributed by atoms with van der Waals surface area (Å²) in [6.07, 6.45) is 1.24. The minimum atomic E-state index is 0.0763. The van der Waals surface area contributed by atoms with E-state index in [9.17, 15) is 4.79 Å². The molecule has 0 radical (unpaired) electrons. The summed E-state index contributed by atoms with van der Waals surface area (Å²) in [6.45, 7) is 7.64. The smallest absolute Gasteiger partial charge is 0.233 e. The molecule has 0 atom stereocenters.